The Balaban J connectivity index is 2.13. The van der Waals surface area contributed by atoms with Gasteiger partial charge in [-0.25, -0.2) is 8.42 Å². The molecule has 7 heteroatoms. The maximum absolute atomic E-state index is 12.0. The monoisotopic (exact) mass is 304 g/mol. The molecule has 1 aliphatic rings. The largest absolute Gasteiger partial charge is 0.356 e. The number of carbonyl (C=O) groups excluding carboxylic acids is 1. The molecule has 0 unspecified atom stereocenters. The molecule has 0 aliphatic heterocycles. The summed E-state index contributed by atoms with van der Waals surface area (Å²) in [6.45, 7) is 8.34. The Hall–Kier alpha value is -1.01. The molecule has 1 amide bonds. The van der Waals surface area contributed by atoms with Gasteiger partial charge in [0.1, 0.15) is 10.6 Å². The van der Waals surface area contributed by atoms with E-state index in [0.717, 1.165) is 0 Å². The molecular formula is C12H17ClN2O3S. The number of carbonyl (C=O) groups is 1. The first-order valence-electron chi connectivity index (χ1n) is 5.92. The second-order valence-corrected chi connectivity index (χ2v) is 8.60. The smallest absolute Gasteiger partial charge is 0.267 e. The molecule has 19 heavy (non-hydrogen) atoms. The number of hydrogen-bond acceptors (Lipinski definition) is 3. The zero-order valence-electron chi connectivity index (χ0n) is 11.2. The molecular weight excluding hydrogens is 288 g/mol. The number of H-pyrrole nitrogens is 1. The Labute approximate surface area is 117 Å². The molecule has 1 aromatic heterocycles. The lowest BCUT2D eigenvalue weighted by molar-refractivity contribution is 0.0939. The van der Waals surface area contributed by atoms with E-state index in [9.17, 15) is 13.2 Å². The van der Waals surface area contributed by atoms with E-state index in [1.165, 1.54) is 12.3 Å². The first-order chi connectivity index (χ1) is 8.48. The van der Waals surface area contributed by atoms with Crippen LogP contribution in [0.5, 0.6) is 0 Å². The summed E-state index contributed by atoms with van der Waals surface area (Å²) in [5.41, 5.74) is 0.241. The zero-order valence-corrected chi connectivity index (χ0v) is 12.8. The molecule has 1 saturated carbocycles. The van der Waals surface area contributed by atoms with Crippen LogP contribution in [0.2, 0.25) is 0 Å². The van der Waals surface area contributed by atoms with Gasteiger partial charge < -0.3 is 10.3 Å². The van der Waals surface area contributed by atoms with Crippen molar-refractivity contribution in [2.45, 2.75) is 38.6 Å². The molecule has 2 rings (SSSR count). The Morgan fingerprint density at radius 2 is 1.84 bits per heavy atom. The average molecular weight is 305 g/mol. The van der Waals surface area contributed by atoms with Gasteiger partial charge in [0, 0.05) is 22.9 Å². The number of rotatable bonds is 3. The molecule has 5 nitrogen and oxygen atoms in total. The minimum Gasteiger partial charge on any atom is -0.356 e. The molecule has 0 saturated heterocycles. The van der Waals surface area contributed by atoms with E-state index in [0.29, 0.717) is 0 Å². The number of aromatic amines is 1. The fourth-order valence-corrected chi connectivity index (χ4v) is 3.14. The molecule has 1 aliphatic carbocycles. The Morgan fingerprint density at radius 1 is 1.32 bits per heavy atom. The van der Waals surface area contributed by atoms with Crippen molar-refractivity contribution in [1.29, 1.82) is 0 Å². The third kappa shape index (κ3) is 2.27. The average Bonchev–Trinajstić information content (AvgIpc) is 2.69. The molecule has 2 N–H and O–H groups in total. The maximum atomic E-state index is 12.0. The van der Waals surface area contributed by atoms with Crippen LogP contribution < -0.4 is 5.32 Å². The lowest BCUT2D eigenvalue weighted by Gasteiger charge is -2.04. The highest BCUT2D eigenvalue weighted by Gasteiger charge is 2.65. The van der Waals surface area contributed by atoms with Gasteiger partial charge in [0.2, 0.25) is 0 Å². The van der Waals surface area contributed by atoms with Gasteiger partial charge in [-0.2, -0.15) is 0 Å². The third-order valence-corrected chi connectivity index (χ3v) is 5.81. The van der Waals surface area contributed by atoms with Gasteiger partial charge in [-0.05, 0) is 16.9 Å². The van der Waals surface area contributed by atoms with Gasteiger partial charge in [0.05, 0.1) is 0 Å². The van der Waals surface area contributed by atoms with Gasteiger partial charge in [0.15, 0.2) is 0 Å². The van der Waals surface area contributed by atoms with Crippen molar-refractivity contribution in [3.63, 3.8) is 0 Å². The van der Waals surface area contributed by atoms with Crippen LogP contribution in [0.25, 0.3) is 0 Å². The molecule has 1 fully saturated rings. The number of aromatic nitrogens is 1. The van der Waals surface area contributed by atoms with Crippen molar-refractivity contribution in [3.05, 3.63) is 18.0 Å². The second-order valence-electron chi connectivity index (χ2n) is 6.04. The lowest BCUT2D eigenvalue weighted by Crippen LogP contribution is -2.29. The Morgan fingerprint density at radius 3 is 2.21 bits per heavy atom. The van der Waals surface area contributed by atoms with Gasteiger partial charge in [-0.3, -0.25) is 4.79 Å². The SMILES string of the molecule is CC1(C)C(NC(=O)c2cc(S(=O)(=O)Cl)c[nH]2)C1(C)C. The fourth-order valence-electron chi connectivity index (χ4n) is 2.41. The van der Waals surface area contributed by atoms with Crippen LogP contribution in [0.15, 0.2) is 17.2 Å². The molecule has 0 spiro atoms. The van der Waals surface area contributed by atoms with Crippen LogP contribution in [0.4, 0.5) is 0 Å². The van der Waals surface area contributed by atoms with Crippen LogP contribution in [0, 0.1) is 10.8 Å². The molecule has 1 aromatic rings. The molecule has 0 aromatic carbocycles. The van der Waals surface area contributed by atoms with E-state index in [1.807, 2.05) is 0 Å². The van der Waals surface area contributed by atoms with Gasteiger partial charge in [-0.15, -0.1) is 0 Å². The van der Waals surface area contributed by atoms with Crippen molar-refractivity contribution in [2.24, 2.45) is 10.8 Å². The van der Waals surface area contributed by atoms with Gasteiger partial charge >= 0.3 is 0 Å². The summed E-state index contributed by atoms with van der Waals surface area (Å²) >= 11 is 0. The minimum atomic E-state index is -3.81. The van der Waals surface area contributed by atoms with Crippen LogP contribution >= 0.6 is 10.7 Å². The highest BCUT2D eigenvalue weighted by Crippen LogP contribution is 2.62. The minimum absolute atomic E-state index is 0.0244. The van der Waals surface area contributed by atoms with Crippen molar-refractivity contribution in [2.75, 3.05) is 0 Å². The topological polar surface area (TPSA) is 79.0 Å². The summed E-state index contributed by atoms with van der Waals surface area (Å²) in [7, 11) is 1.39. The maximum Gasteiger partial charge on any atom is 0.267 e. The van der Waals surface area contributed by atoms with Crippen molar-refractivity contribution in [1.82, 2.24) is 10.3 Å². The number of amides is 1. The van der Waals surface area contributed by atoms with Crippen LogP contribution in [-0.2, 0) is 9.05 Å². The van der Waals surface area contributed by atoms with E-state index >= 15 is 0 Å². The summed E-state index contributed by atoms with van der Waals surface area (Å²) < 4.78 is 22.2. The van der Waals surface area contributed by atoms with Crippen molar-refractivity contribution >= 4 is 25.6 Å². The van der Waals surface area contributed by atoms with Crippen molar-refractivity contribution < 1.29 is 13.2 Å². The van der Waals surface area contributed by atoms with Crippen LogP contribution in [0.3, 0.4) is 0 Å². The Kier molecular flexibility index (Phi) is 3.03. The molecule has 0 bridgehead atoms. The molecule has 0 radical (unpaired) electrons. The summed E-state index contributed by atoms with van der Waals surface area (Å²) in [5, 5.41) is 2.91. The second kappa shape index (κ2) is 3.99. The third-order valence-electron chi connectivity index (χ3n) is 4.48. The summed E-state index contributed by atoms with van der Waals surface area (Å²) in [6, 6.07) is 1.30. The zero-order chi connectivity index (χ0) is 14.6. The number of nitrogens with one attached hydrogen (secondary N) is 2. The quantitative estimate of drug-likeness (QED) is 0.839. The van der Waals surface area contributed by atoms with Crippen molar-refractivity contribution in [3.8, 4) is 0 Å². The predicted octanol–water partition coefficient (Wildman–Crippen LogP) is 2.11. The molecule has 106 valence electrons. The normalized spacial score (nSPS) is 21.1. The molecule has 0 atom stereocenters. The fraction of sp³-hybridized carbons (Fsp3) is 0.583. The number of halogens is 1. The summed E-state index contributed by atoms with van der Waals surface area (Å²) in [4.78, 5) is 14.6. The van der Waals surface area contributed by atoms with E-state index in [4.69, 9.17) is 10.7 Å². The highest BCUT2D eigenvalue weighted by atomic mass is 35.7. The lowest BCUT2D eigenvalue weighted by atomic mass is 10.0. The first-order valence-corrected chi connectivity index (χ1v) is 8.23. The Bertz CT molecular complexity index is 617. The van der Waals surface area contributed by atoms with Crippen LogP contribution in [0.1, 0.15) is 38.2 Å². The molecule has 1 heterocycles. The number of hydrogen-bond donors (Lipinski definition) is 2. The standard InChI is InChI=1S/C12H17ClN2O3S/c1-11(2)10(12(11,3)4)15-9(16)8-5-7(6-14-8)19(13,17)18/h5-6,10,14H,1-4H3,(H,15,16). The van der Waals surface area contributed by atoms with Crippen LogP contribution in [-0.4, -0.2) is 25.4 Å². The highest BCUT2D eigenvalue weighted by molar-refractivity contribution is 8.13. The van der Waals surface area contributed by atoms with Gasteiger partial charge in [0.25, 0.3) is 15.0 Å². The van der Waals surface area contributed by atoms with E-state index in [-0.39, 0.29) is 33.4 Å². The summed E-state index contributed by atoms with van der Waals surface area (Å²) in [5.74, 6) is -0.324. The first kappa shape index (κ1) is 14.4. The predicted molar refractivity (Wildman–Crippen MR) is 72.6 cm³/mol. The van der Waals surface area contributed by atoms with Gasteiger partial charge in [-0.1, -0.05) is 27.7 Å². The van der Waals surface area contributed by atoms with E-state index in [1.54, 1.807) is 0 Å². The van der Waals surface area contributed by atoms with E-state index in [2.05, 4.69) is 38.0 Å². The summed E-state index contributed by atoms with van der Waals surface area (Å²) in [6.07, 6.45) is 1.21. The van der Waals surface area contributed by atoms with E-state index < -0.39 is 9.05 Å².